The summed E-state index contributed by atoms with van der Waals surface area (Å²) < 4.78 is 0. The predicted octanol–water partition coefficient (Wildman–Crippen LogP) is 4.84. The van der Waals surface area contributed by atoms with Crippen molar-refractivity contribution in [2.24, 2.45) is 0 Å². The number of phenolic OH excluding ortho intramolecular Hbond substituents is 1. The molecule has 0 unspecified atom stereocenters. The fourth-order valence-electron chi connectivity index (χ4n) is 2.33. The van der Waals surface area contributed by atoms with Gasteiger partial charge in [-0.1, -0.05) is 64.1 Å². The highest BCUT2D eigenvalue weighted by molar-refractivity contribution is 5.41. The van der Waals surface area contributed by atoms with Gasteiger partial charge in [-0.3, -0.25) is 0 Å². The Balaban J connectivity index is 2.43. The Morgan fingerprint density at radius 1 is 0.895 bits per heavy atom. The lowest BCUT2D eigenvalue weighted by Crippen LogP contribution is -2.19. The summed E-state index contributed by atoms with van der Waals surface area (Å²) in [7, 11) is 0. The summed E-state index contributed by atoms with van der Waals surface area (Å²) >= 11 is 0. The Kier molecular flexibility index (Phi) is 3.66. The molecule has 0 aromatic heterocycles. The molecular formula is C18H22O. The van der Waals surface area contributed by atoms with E-state index in [0.29, 0.717) is 11.7 Å². The first kappa shape index (κ1) is 13.7. The van der Waals surface area contributed by atoms with Crippen molar-refractivity contribution in [3.63, 3.8) is 0 Å². The highest BCUT2D eigenvalue weighted by Gasteiger charge is 2.23. The van der Waals surface area contributed by atoms with Crippen molar-refractivity contribution in [2.75, 3.05) is 0 Å². The van der Waals surface area contributed by atoms with E-state index >= 15 is 0 Å². The molecule has 0 bridgehead atoms. The quantitative estimate of drug-likeness (QED) is 0.830. The van der Waals surface area contributed by atoms with Gasteiger partial charge in [0.05, 0.1) is 0 Å². The Labute approximate surface area is 115 Å². The van der Waals surface area contributed by atoms with Crippen molar-refractivity contribution in [3.8, 4) is 5.75 Å². The van der Waals surface area contributed by atoms with Gasteiger partial charge in [-0.25, -0.2) is 0 Å². The summed E-state index contributed by atoms with van der Waals surface area (Å²) in [6.07, 6.45) is 0. The summed E-state index contributed by atoms with van der Waals surface area (Å²) in [6.45, 7) is 8.87. The van der Waals surface area contributed by atoms with E-state index in [2.05, 4.69) is 52.0 Å². The van der Waals surface area contributed by atoms with Gasteiger partial charge in [-0.15, -0.1) is 0 Å². The van der Waals surface area contributed by atoms with Crippen molar-refractivity contribution >= 4 is 0 Å². The fourth-order valence-corrected chi connectivity index (χ4v) is 2.33. The molecule has 0 radical (unpaired) electrons. The molecule has 0 aliphatic rings. The molecular weight excluding hydrogens is 232 g/mol. The van der Waals surface area contributed by atoms with Crippen LogP contribution in [0.1, 0.15) is 50.3 Å². The maximum atomic E-state index is 9.41. The monoisotopic (exact) mass is 254 g/mol. The molecule has 0 fully saturated rings. The van der Waals surface area contributed by atoms with Crippen LogP contribution < -0.4 is 0 Å². The minimum Gasteiger partial charge on any atom is -0.508 e. The molecule has 1 heteroatoms. The molecule has 0 atom stereocenters. The second-order valence-corrected chi connectivity index (χ2v) is 5.95. The van der Waals surface area contributed by atoms with Gasteiger partial charge >= 0.3 is 0 Å². The number of hydrogen-bond acceptors (Lipinski definition) is 1. The fraction of sp³-hybridized carbons (Fsp3) is 0.333. The zero-order valence-corrected chi connectivity index (χ0v) is 12.1. The van der Waals surface area contributed by atoms with Crippen LogP contribution in [0.25, 0.3) is 0 Å². The van der Waals surface area contributed by atoms with E-state index in [9.17, 15) is 5.11 Å². The molecule has 0 saturated carbocycles. The van der Waals surface area contributed by atoms with E-state index < -0.39 is 0 Å². The van der Waals surface area contributed by atoms with Crippen LogP contribution in [-0.4, -0.2) is 5.11 Å². The first-order valence-corrected chi connectivity index (χ1v) is 6.81. The van der Waals surface area contributed by atoms with Gasteiger partial charge in [0.1, 0.15) is 5.75 Å². The van der Waals surface area contributed by atoms with E-state index in [1.165, 1.54) is 16.7 Å². The summed E-state index contributed by atoms with van der Waals surface area (Å²) in [6, 6.07) is 16.3. The third-order valence-electron chi connectivity index (χ3n) is 3.86. The Hall–Kier alpha value is -1.76. The molecule has 0 heterocycles. The maximum Gasteiger partial charge on any atom is 0.115 e. The number of rotatable bonds is 3. The Morgan fingerprint density at radius 2 is 1.53 bits per heavy atom. The number of hydrogen-bond donors (Lipinski definition) is 1. The molecule has 0 aliphatic heterocycles. The number of benzene rings is 2. The van der Waals surface area contributed by atoms with Crippen LogP contribution in [0.5, 0.6) is 5.75 Å². The first-order valence-electron chi connectivity index (χ1n) is 6.81. The van der Waals surface area contributed by atoms with Crippen LogP contribution in [0.3, 0.4) is 0 Å². The number of aromatic hydroxyl groups is 1. The van der Waals surface area contributed by atoms with Crippen LogP contribution in [-0.2, 0) is 5.41 Å². The minimum absolute atomic E-state index is 0.0569. The van der Waals surface area contributed by atoms with Crippen molar-refractivity contribution in [1.82, 2.24) is 0 Å². The third kappa shape index (κ3) is 2.81. The van der Waals surface area contributed by atoms with Crippen molar-refractivity contribution in [2.45, 2.75) is 39.0 Å². The normalized spacial score (nSPS) is 11.8. The molecule has 0 saturated heterocycles. The lowest BCUT2D eigenvalue weighted by molar-refractivity contribution is 0.474. The highest BCUT2D eigenvalue weighted by Crippen LogP contribution is 2.33. The second-order valence-electron chi connectivity index (χ2n) is 5.95. The molecule has 19 heavy (non-hydrogen) atoms. The number of phenols is 1. The van der Waals surface area contributed by atoms with Gasteiger partial charge in [-0.05, 0) is 34.7 Å². The van der Waals surface area contributed by atoms with E-state index in [-0.39, 0.29) is 5.41 Å². The molecule has 2 aromatic rings. The average Bonchev–Trinajstić information content (AvgIpc) is 2.39. The molecule has 2 rings (SSSR count). The van der Waals surface area contributed by atoms with E-state index in [1.807, 2.05) is 12.1 Å². The van der Waals surface area contributed by atoms with E-state index in [0.717, 1.165) is 0 Å². The smallest absolute Gasteiger partial charge is 0.115 e. The van der Waals surface area contributed by atoms with Crippen LogP contribution in [0.4, 0.5) is 0 Å². The van der Waals surface area contributed by atoms with Gasteiger partial charge in [0.2, 0.25) is 0 Å². The van der Waals surface area contributed by atoms with Gasteiger partial charge in [0.15, 0.2) is 0 Å². The summed E-state index contributed by atoms with van der Waals surface area (Å²) in [5, 5.41) is 9.41. The van der Waals surface area contributed by atoms with Crippen LogP contribution in [0.15, 0.2) is 48.5 Å². The first-order chi connectivity index (χ1) is 8.91. The van der Waals surface area contributed by atoms with Crippen molar-refractivity contribution in [1.29, 1.82) is 0 Å². The summed E-state index contributed by atoms with van der Waals surface area (Å²) in [5.41, 5.74) is 3.83. The summed E-state index contributed by atoms with van der Waals surface area (Å²) in [5.74, 6) is 0.853. The lowest BCUT2D eigenvalue weighted by Gasteiger charge is -2.27. The molecule has 1 nitrogen and oxygen atoms in total. The molecule has 0 amide bonds. The highest BCUT2D eigenvalue weighted by atomic mass is 16.3. The van der Waals surface area contributed by atoms with Gasteiger partial charge in [0.25, 0.3) is 0 Å². The summed E-state index contributed by atoms with van der Waals surface area (Å²) in [4.78, 5) is 0. The van der Waals surface area contributed by atoms with E-state index in [4.69, 9.17) is 0 Å². The third-order valence-corrected chi connectivity index (χ3v) is 3.86. The van der Waals surface area contributed by atoms with Crippen LogP contribution in [0.2, 0.25) is 0 Å². The van der Waals surface area contributed by atoms with Gasteiger partial charge < -0.3 is 5.11 Å². The predicted molar refractivity (Wildman–Crippen MR) is 80.8 cm³/mol. The molecule has 0 spiro atoms. The largest absolute Gasteiger partial charge is 0.508 e. The van der Waals surface area contributed by atoms with E-state index in [1.54, 1.807) is 12.1 Å². The van der Waals surface area contributed by atoms with Crippen molar-refractivity contribution < 1.29 is 5.11 Å². The molecule has 100 valence electrons. The lowest BCUT2D eigenvalue weighted by atomic mass is 9.77. The van der Waals surface area contributed by atoms with Crippen LogP contribution >= 0.6 is 0 Å². The van der Waals surface area contributed by atoms with Gasteiger partial charge in [0, 0.05) is 5.41 Å². The zero-order chi connectivity index (χ0) is 14.0. The Bertz CT molecular complexity index is 550. The Morgan fingerprint density at radius 3 is 2.11 bits per heavy atom. The molecule has 1 N–H and O–H groups in total. The van der Waals surface area contributed by atoms with Gasteiger partial charge in [-0.2, -0.15) is 0 Å². The standard InChI is InChI=1S/C18H22O/c1-13(2)14-6-5-7-16(12-14)18(3,4)15-8-10-17(19)11-9-15/h5-13,19H,1-4H3. The SMILES string of the molecule is CC(C)c1cccc(C(C)(C)c2ccc(O)cc2)c1. The molecule has 0 aliphatic carbocycles. The average molecular weight is 254 g/mol. The molecule has 2 aromatic carbocycles. The topological polar surface area (TPSA) is 20.2 Å². The van der Waals surface area contributed by atoms with Crippen LogP contribution in [0, 0.1) is 0 Å². The zero-order valence-electron chi connectivity index (χ0n) is 12.1. The second kappa shape index (κ2) is 5.08. The maximum absolute atomic E-state index is 9.41. The van der Waals surface area contributed by atoms with Crippen molar-refractivity contribution in [3.05, 3.63) is 65.2 Å². The minimum atomic E-state index is -0.0569.